The third kappa shape index (κ3) is 4.01. The lowest BCUT2D eigenvalue weighted by molar-refractivity contribution is -0.147. The van der Waals surface area contributed by atoms with Crippen molar-refractivity contribution >= 4 is 29.2 Å². The van der Waals surface area contributed by atoms with E-state index in [-0.39, 0.29) is 11.9 Å². The number of halogens is 2. The minimum Gasteiger partial charge on any atom is -0.469 e. The smallest absolute Gasteiger partial charge is 0.309 e. The molecule has 1 saturated heterocycles. The van der Waals surface area contributed by atoms with Crippen molar-refractivity contribution in [3.63, 3.8) is 0 Å². The van der Waals surface area contributed by atoms with E-state index in [4.69, 9.17) is 27.9 Å². The molecule has 1 rings (SSSR count). The fourth-order valence-corrected chi connectivity index (χ4v) is 2.04. The Balaban J connectivity index is 2.45. The summed E-state index contributed by atoms with van der Waals surface area (Å²) in [5.41, 5.74) is 1.36. The van der Waals surface area contributed by atoms with E-state index in [1.165, 1.54) is 12.6 Å². The van der Waals surface area contributed by atoms with Crippen molar-refractivity contribution in [1.29, 1.82) is 0 Å². The number of methoxy groups -OCH3 is 1. The lowest BCUT2D eigenvalue weighted by atomic mass is 9.98. The summed E-state index contributed by atoms with van der Waals surface area (Å²) in [6.07, 6.45) is 1.89. The topological polar surface area (TPSA) is 29.5 Å². The summed E-state index contributed by atoms with van der Waals surface area (Å²) in [5.74, 6) is -0.158. The molecule has 0 bridgehead atoms. The highest BCUT2D eigenvalue weighted by Crippen LogP contribution is 2.19. The second-order valence-corrected chi connectivity index (χ2v) is 4.36. The van der Waals surface area contributed by atoms with Gasteiger partial charge in [0.05, 0.1) is 13.0 Å². The van der Waals surface area contributed by atoms with Crippen LogP contribution >= 0.6 is 23.2 Å². The van der Waals surface area contributed by atoms with E-state index in [0.717, 1.165) is 19.4 Å². The van der Waals surface area contributed by atoms with Gasteiger partial charge in [0.1, 0.15) is 0 Å². The zero-order valence-corrected chi connectivity index (χ0v) is 10.2. The molecule has 0 radical (unpaired) electrons. The first kappa shape index (κ1) is 12.8. The maximum atomic E-state index is 11.3. The van der Waals surface area contributed by atoms with Crippen LogP contribution in [0.3, 0.4) is 0 Å². The van der Waals surface area contributed by atoms with E-state index in [0.29, 0.717) is 18.1 Å². The van der Waals surface area contributed by atoms with Crippen molar-refractivity contribution in [3.8, 4) is 0 Å². The summed E-state index contributed by atoms with van der Waals surface area (Å²) >= 11 is 11.3. The van der Waals surface area contributed by atoms with Crippen LogP contribution in [0.15, 0.2) is 10.6 Å². The molecule has 0 amide bonds. The molecular formula is C10H15Cl2NO2. The van der Waals surface area contributed by atoms with Gasteiger partial charge in [0.25, 0.3) is 0 Å². The van der Waals surface area contributed by atoms with Gasteiger partial charge in [0, 0.05) is 23.7 Å². The average molecular weight is 252 g/mol. The van der Waals surface area contributed by atoms with Gasteiger partial charge >= 0.3 is 5.97 Å². The van der Waals surface area contributed by atoms with E-state index in [2.05, 4.69) is 4.90 Å². The first-order chi connectivity index (χ1) is 7.17. The quantitative estimate of drug-likeness (QED) is 0.721. The first-order valence-electron chi connectivity index (χ1n) is 4.92. The minimum atomic E-state index is -0.134. The molecule has 1 aliphatic rings. The monoisotopic (exact) mass is 251 g/mol. The van der Waals surface area contributed by atoms with Crippen LogP contribution in [0.25, 0.3) is 0 Å². The number of carbonyl (C=O) groups excluding carboxylic acids is 1. The van der Waals surface area contributed by atoms with Gasteiger partial charge in [-0.25, -0.2) is 0 Å². The average Bonchev–Trinajstić information content (AvgIpc) is 2.28. The van der Waals surface area contributed by atoms with E-state index >= 15 is 0 Å². The highest BCUT2D eigenvalue weighted by Gasteiger charge is 2.26. The summed E-state index contributed by atoms with van der Waals surface area (Å²) in [4.78, 5) is 13.5. The van der Waals surface area contributed by atoms with Crippen molar-refractivity contribution in [2.45, 2.75) is 12.8 Å². The number of piperidine rings is 1. The third-order valence-corrected chi connectivity index (χ3v) is 3.14. The molecular weight excluding hydrogens is 237 g/mol. The van der Waals surface area contributed by atoms with Crippen molar-refractivity contribution in [1.82, 2.24) is 4.90 Å². The van der Waals surface area contributed by atoms with Gasteiger partial charge < -0.3 is 4.74 Å². The molecule has 1 unspecified atom stereocenters. The number of rotatable bonds is 3. The molecule has 86 valence electrons. The van der Waals surface area contributed by atoms with Gasteiger partial charge in [-0.05, 0) is 19.4 Å². The van der Waals surface area contributed by atoms with Gasteiger partial charge in [-0.15, -0.1) is 0 Å². The maximum Gasteiger partial charge on any atom is 0.309 e. The number of hydrogen-bond acceptors (Lipinski definition) is 3. The maximum absolute atomic E-state index is 11.3. The molecule has 0 aliphatic carbocycles. The second kappa shape index (κ2) is 6.36. The van der Waals surface area contributed by atoms with Gasteiger partial charge in [0.15, 0.2) is 0 Å². The number of hydrogen-bond donors (Lipinski definition) is 0. The molecule has 15 heavy (non-hydrogen) atoms. The van der Waals surface area contributed by atoms with E-state index < -0.39 is 0 Å². The van der Waals surface area contributed by atoms with Crippen LogP contribution in [0.4, 0.5) is 0 Å². The van der Waals surface area contributed by atoms with Gasteiger partial charge in [0.2, 0.25) is 0 Å². The van der Waals surface area contributed by atoms with Crippen molar-refractivity contribution in [2.24, 2.45) is 5.92 Å². The molecule has 3 nitrogen and oxygen atoms in total. The van der Waals surface area contributed by atoms with Gasteiger partial charge in [-0.1, -0.05) is 23.2 Å². The molecule has 0 aromatic rings. The molecule has 1 fully saturated rings. The zero-order chi connectivity index (χ0) is 11.3. The highest BCUT2D eigenvalue weighted by molar-refractivity contribution is 6.36. The third-order valence-electron chi connectivity index (χ3n) is 2.53. The van der Waals surface area contributed by atoms with Crippen molar-refractivity contribution < 1.29 is 9.53 Å². The molecule has 0 aromatic heterocycles. The summed E-state index contributed by atoms with van der Waals surface area (Å²) in [7, 11) is 1.42. The molecule has 0 saturated carbocycles. The van der Waals surface area contributed by atoms with Crippen LogP contribution < -0.4 is 0 Å². The van der Waals surface area contributed by atoms with E-state index in [9.17, 15) is 4.79 Å². The zero-order valence-electron chi connectivity index (χ0n) is 8.71. The predicted molar refractivity (Wildman–Crippen MR) is 61.0 cm³/mol. The summed E-state index contributed by atoms with van der Waals surface area (Å²) in [5, 5.41) is 0.599. The van der Waals surface area contributed by atoms with Crippen LogP contribution in [-0.2, 0) is 9.53 Å². The van der Waals surface area contributed by atoms with E-state index in [1.807, 2.05) is 0 Å². The fraction of sp³-hybridized carbons (Fsp3) is 0.700. The van der Waals surface area contributed by atoms with Crippen LogP contribution in [0, 0.1) is 5.92 Å². The Labute approximate surface area is 100.0 Å². The Hall–Kier alpha value is -0.250. The lowest BCUT2D eigenvalue weighted by Crippen LogP contribution is -2.39. The number of esters is 1. The number of carbonyl (C=O) groups is 1. The van der Waals surface area contributed by atoms with Crippen molar-refractivity contribution in [3.05, 3.63) is 10.6 Å². The molecule has 1 heterocycles. The standard InChI is InChI=1S/C10H15Cl2NO2/c1-15-10(14)8-3-2-4-13(6-8)7-9(12)5-11/h5,8H,2-4,6-7H2,1H3. The molecule has 0 aromatic carbocycles. The molecule has 0 N–H and O–H groups in total. The number of nitrogens with zero attached hydrogens (tertiary/aromatic N) is 1. The lowest BCUT2D eigenvalue weighted by Gasteiger charge is -2.30. The van der Waals surface area contributed by atoms with Crippen LogP contribution in [0.2, 0.25) is 0 Å². The Morgan fingerprint density at radius 1 is 1.67 bits per heavy atom. The van der Waals surface area contributed by atoms with Crippen LogP contribution in [0.5, 0.6) is 0 Å². The van der Waals surface area contributed by atoms with Crippen molar-refractivity contribution in [2.75, 3.05) is 26.7 Å². The molecule has 1 aliphatic heterocycles. The number of ether oxygens (including phenoxy) is 1. The second-order valence-electron chi connectivity index (χ2n) is 3.65. The highest BCUT2D eigenvalue weighted by atomic mass is 35.5. The molecule has 0 spiro atoms. The largest absolute Gasteiger partial charge is 0.469 e. The Kier molecular flexibility index (Phi) is 5.43. The Morgan fingerprint density at radius 3 is 3.00 bits per heavy atom. The van der Waals surface area contributed by atoms with Gasteiger partial charge in [-0.2, -0.15) is 0 Å². The van der Waals surface area contributed by atoms with E-state index in [1.54, 1.807) is 0 Å². The molecule has 1 atom stereocenters. The SMILES string of the molecule is COC(=O)C1CCCN(CC(Cl)=CCl)C1. The predicted octanol–water partition coefficient (Wildman–Crippen LogP) is 2.19. The summed E-state index contributed by atoms with van der Waals surface area (Å²) < 4.78 is 4.73. The van der Waals surface area contributed by atoms with Crippen LogP contribution in [-0.4, -0.2) is 37.6 Å². The first-order valence-corrected chi connectivity index (χ1v) is 5.73. The summed E-state index contributed by atoms with van der Waals surface area (Å²) in [6, 6.07) is 0. The Morgan fingerprint density at radius 2 is 2.40 bits per heavy atom. The van der Waals surface area contributed by atoms with Gasteiger partial charge in [-0.3, -0.25) is 9.69 Å². The Bertz CT molecular complexity index is 256. The number of likely N-dealkylation sites (tertiary alicyclic amines) is 1. The van der Waals surface area contributed by atoms with Crippen LogP contribution in [0.1, 0.15) is 12.8 Å². The normalized spacial score (nSPS) is 23.9. The summed E-state index contributed by atoms with van der Waals surface area (Å²) in [6.45, 7) is 2.26. The minimum absolute atomic E-state index is 0.0245. The molecule has 5 heteroatoms. The fourth-order valence-electron chi connectivity index (χ4n) is 1.81.